The molecule has 1 aromatic carbocycles. The second-order valence-corrected chi connectivity index (χ2v) is 4.83. The van der Waals surface area contributed by atoms with Gasteiger partial charge in [0.1, 0.15) is 11.6 Å². The quantitative estimate of drug-likeness (QED) is 0.892. The zero-order valence-electron chi connectivity index (χ0n) is 10.1. The van der Waals surface area contributed by atoms with Crippen LogP contribution in [0.4, 0.5) is 15.9 Å². The standard InChI is InChI=1S/C13H11BrFN3O/c1-7-5-10(15)9(14)6-11(7)18-13(19)8-3-2-4-17-12(8)16/h2-6H,1H3,(H2,16,17)(H,18,19). The fraction of sp³-hybridized carbons (Fsp3) is 0.0769. The molecule has 0 unspecified atom stereocenters. The lowest BCUT2D eigenvalue weighted by molar-refractivity contribution is 0.102. The van der Waals surface area contributed by atoms with Gasteiger partial charge in [-0.15, -0.1) is 0 Å². The van der Waals surface area contributed by atoms with E-state index in [2.05, 4.69) is 26.2 Å². The maximum atomic E-state index is 13.3. The Morgan fingerprint density at radius 1 is 1.47 bits per heavy atom. The van der Waals surface area contributed by atoms with Crippen LogP contribution >= 0.6 is 15.9 Å². The van der Waals surface area contributed by atoms with E-state index in [0.29, 0.717) is 11.3 Å². The van der Waals surface area contributed by atoms with E-state index in [0.717, 1.165) is 0 Å². The average Bonchev–Trinajstić information content (AvgIpc) is 2.36. The van der Waals surface area contributed by atoms with E-state index >= 15 is 0 Å². The molecule has 0 fully saturated rings. The minimum Gasteiger partial charge on any atom is -0.383 e. The molecule has 4 nitrogen and oxygen atoms in total. The van der Waals surface area contributed by atoms with Crippen molar-refractivity contribution < 1.29 is 9.18 Å². The molecule has 0 atom stereocenters. The molecule has 0 spiro atoms. The molecule has 3 N–H and O–H groups in total. The summed E-state index contributed by atoms with van der Waals surface area (Å²) in [6.45, 7) is 1.71. The Hall–Kier alpha value is -1.95. The predicted molar refractivity (Wildman–Crippen MR) is 75.4 cm³/mol. The van der Waals surface area contributed by atoms with Crippen molar-refractivity contribution in [3.63, 3.8) is 0 Å². The Morgan fingerprint density at radius 3 is 2.89 bits per heavy atom. The number of nitrogens with one attached hydrogen (secondary N) is 1. The van der Waals surface area contributed by atoms with Gasteiger partial charge < -0.3 is 11.1 Å². The van der Waals surface area contributed by atoms with Crippen molar-refractivity contribution in [2.24, 2.45) is 0 Å². The summed E-state index contributed by atoms with van der Waals surface area (Å²) >= 11 is 3.08. The molecule has 0 saturated carbocycles. The highest BCUT2D eigenvalue weighted by Crippen LogP contribution is 2.25. The zero-order valence-corrected chi connectivity index (χ0v) is 11.7. The first-order valence-corrected chi connectivity index (χ1v) is 6.26. The van der Waals surface area contributed by atoms with E-state index in [-0.39, 0.29) is 27.6 Å². The summed E-state index contributed by atoms with van der Waals surface area (Å²) in [6, 6.07) is 6.05. The van der Waals surface area contributed by atoms with Crippen LogP contribution in [0.25, 0.3) is 0 Å². The monoisotopic (exact) mass is 323 g/mol. The Bertz CT molecular complexity index is 646. The summed E-state index contributed by atoms with van der Waals surface area (Å²) < 4.78 is 13.6. The third-order valence-electron chi connectivity index (χ3n) is 2.60. The van der Waals surface area contributed by atoms with Gasteiger partial charge in [0, 0.05) is 11.9 Å². The second-order valence-electron chi connectivity index (χ2n) is 3.97. The fourth-order valence-electron chi connectivity index (χ4n) is 1.58. The summed E-state index contributed by atoms with van der Waals surface area (Å²) in [5.41, 5.74) is 7.04. The lowest BCUT2D eigenvalue weighted by Gasteiger charge is -2.10. The van der Waals surface area contributed by atoms with Crippen LogP contribution in [0.3, 0.4) is 0 Å². The van der Waals surface area contributed by atoms with Gasteiger partial charge in [0.25, 0.3) is 5.91 Å². The molecule has 98 valence electrons. The van der Waals surface area contributed by atoms with Gasteiger partial charge in [-0.05, 0) is 52.7 Å². The molecule has 0 radical (unpaired) electrons. The lowest BCUT2D eigenvalue weighted by atomic mass is 10.1. The molecule has 6 heteroatoms. The number of anilines is 2. The van der Waals surface area contributed by atoms with Crippen molar-refractivity contribution in [1.29, 1.82) is 0 Å². The number of carbonyl (C=O) groups excluding carboxylic acids is 1. The summed E-state index contributed by atoms with van der Waals surface area (Å²) in [4.78, 5) is 15.9. The molecule has 0 bridgehead atoms. The smallest absolute Gasteiger partial charge is 0.259 e. The zero-order chi connectivity index (χ0) is 14.0. The number of nitrogen functional groups attached to an aromatic ring is 1. The van der Waals surface area contributed by atoms with Crippen LogP contribution in [-0.2, 0) is 0 Å². The first-order valence-electron chi connectivity index (χ1n) is 5.46. The Balaban J connectivity index is 2.30. The first-order chi connectivity index (χ1) is 8.99. The number of carbonyl (C=O) groups is 1. The van der Waals surface area contributed by atoms with Crippen LogP contribution in [-0.4, -0.2) is 10.9 Å². The van der Waals surface area contributed by atoms with E-state index < -0.39 is 0 Å². The van der Waals surface area contributed by atoms with Crippen LogP contribution in [0.15, 0.2) is 34.9 Å². The Labute approximate surface area is 118 Å². The summed E-state index contributed by atoms with van der Waals surface area (Å²) in [5, 5.41) is 2.68. The number of nitrogens with zero attached hydrogens (tertiary/aromatic N) is 1. The van der Waals surface area contributed by atoms with Gasteiger partial charge >= 0.3 is 0 Å². The van der Waals surface area contributed by atoms with Crippen molar-refractivity contribution in [3.05, 3.63) is 51.9 Å². The molecule has 1 heterocycles. The number of hydrogen-bond donors (Lipinski definition) is 2. The van der Waals surface area contributed by atoms with E-state index in [1.54, 1.807) is 19.1 Å². The molecule has 2 rings (SSSR count). The first kappa shape index (κ1) is 13.5. The van der Waals surface area contributed by atoms with Crippen molar-refractivity contribution >= 4 is 33.3 Å². The number of aromatic nitrogens is 1. The Kier molecular flexibility index (Phi) is 3.80. The van der Waals surface area contributed by atoms with Gasteiger partial charge in [-0.25, -0.2) is 9.37 Å². The van der Waals surface area contributed by atoms with E-state index in [9.17, 15) is 9.18 Å². The molecule has 1 amide bonds. The van der Waals surface area contributed by atoms with Crippen molar-refractivity contribution in [3.8, 4) is 0 Å². The van der Waals surface area contributed by atoms with E-state index in [1.807, 2.05) is 0 Å². The van der Waals surface area contributed by atoms with Crippen molar-refractivity contribution in [2.75, 3.05) is 11.1 Å². The normalized spacial score (nSPS) is 10.3. The fourth-order valence-corrected chi connectivity index (χ4v) is 1.92. The number of benzene rings is 1. The van der Waals surface area contributed by atoms with Gasteiger partial charge in [0.05, 0.1) is 10.0 Å². The van der Waals surface area contributed by atoms with E-state index in [1.165, 1.54) is 18.3 Å². The molecule has 19 heavy (non-hydrogen) atoms. The van der Waals surface area contributed by atoms with Crippen LogP contribution in [0.1, 0.15) is 15.9 Å². The van der Waals surface area contributed by atoms with Crippen molar-refractivity contribution in [2.45, 2.75) is 6.92 Å². The predicted octanol–water partition coefficient (Wildman–Crippen LogP) is 3.13. The molecular weight excluding hydrogens is 313 g/mol. The third kappa shape index (κ3) is 2.90. The lowest BCUT2D eigenvalue weighted by Crippen LogP contribution is -2.15. The van der Waals surface area contributed by atoms with Gasteiger partial charge in [0.15, 0.2) is 0 Å². The largest absolute Gasteiger partial charge is 0.383 e. The maximum absolute atomic E-state index is 13.3. The number of hydrogen-bond acceptors (Lipinski definition) is 3. The maximum Gasteiger partial charge on any atom is 0.259 e. The summed E-state index contributed by atoms with van der Waals surface area (Å²) in [7, 11) is 0. The highest BCUT2D eigenvalue weighted by Gasteiger charge is 2.12. The molecule has 0 aliphatic heterocycles. The van der Waals surface area contributed by atoms with Crippen LogP contribution < -0.4 is 11.1 Å². The minimum absolute atomic E-state index is 0.152. The van der Waals surface area contributed by atoms with Gasteiger partial charge in [-0.3, -0.25) is 4.79 Å². The SMILES string of the molecule is Cc1cc(F)c(Br)cc1NC(=O)c1cccnc1N. The number of amides is 1. The van der Waals surface area contributed by atoms with Gasteiger partial charge in [0.2, 0.25) is 0 Å². The average molecular weight is 324 g/mol. The third-order valence-corrected chi connectivity index (χ3v) is 3.21. The summed E-state index contributed by atoms with van der Waals surface area (Å²) in [5.74, 6) is -0.609. The minimum atomic E-state index is -0.382. The highest BCUT2D eigenvalue weighted by atomic mass is 79.9. The summed E-state index contributed by atoms with van der Waals surface area (Å²) in [6.07, 6.45) is 1.51. The molecular formula is C13H11BrFN3O. The van der Waals surface area contributed by atoms with Gasteiger partial charge in [-0.1, -0.05) is 0 Å². The second kappa shape index (κ2) is 5.36. The van der Waals surface area contributed by atoms with Crippen LogP contribution in [0, 0.1) is 12.7 Å². The number of halogens is 2. The number of aryl methyl sites for hydroxylation is 1. The number of nitrogens with two attached hydrogens (primary N) is 1. The molecule has 0 saturated heterocycles. The van der Waals surface area contributed by atoms with Crippen LogP contribution in [0.5, 0.6) is 0 Å². The molecule has 1 aromatic heterocycles. The van der Waals surface area contributed by atoms with E-state index in [4.69, 9.17) is 5.73 Å². The molecule has 2 aromatic rings. The van der Waals surface area contributed by atoms with Crippen LogP contribution in [0.2, 0.25) is 0 Å². The van der Waals surface area contributed by atoms with Crippen molar-refractivity contribution in [1.82, 2.24) is 4.98 Å². The topological polar surface area (TPSA) is 68.0 Å². The highest BCUT2D eigenvalue weighted by molar-refractivity contribution is 9.10. The van der Waals surface area contributed by atoms with Gasteiger partial charge in [-0.2, -0.15) is 0 Å². The number of pyridine rings is 1. The number of rotatable bonds is 2. The molecule has 0 aliphatic rings. The Morgan fingerprint density at radius 2 is 2.21 bits per heavy atom. The molecule has 0 aliphatic carbocycles.